The van der Waals surface area contributed by atoms with Crippen LogP contribution in [0, 0.1) is 5.92 Å². The van der Waals surface area contributed by atoms with Crippen LogP contribution in [0.1, 0.15) is 26.2 Å². The van der Waals surface area contributed by atoms with Crippen molar-refractivity contribution in [1.82, 2.24) is 10.2 Å². The first-order valence-electron chi connectivity index (χ1n) is 5.38. The number of nitrogens with one attached hydrogen (secondary N) is 1. The minimum Gasteiger partial charge on any atom is -0.338 e. The number of carbonyl (C=O) groups excluding carboxylic acids is 1. The topological polar surface area (TPSA) is 32.3 Å². The first kappa shape index (κ1) is 11.1. The van der Waals surface area contributed by atoms with Gasteiger partial charge in [-0.1, -0.05) is 12.2 Å². The van der Waals surface area contributed by atoms with Gasteiger partial charge >= 0.3 is 6.03 Å². The molecule has 1 atom stereocenters. The van der Waals surface area contributed by atoms with Gasteiger partial charge in [0.1, 0.15) is 0 Å². The molecule has 1 N–H and O–H groups in total. The minimum absolute atomic E-state index is 0.0436. The van der Waals surface area contributed by atoms with E-state index < -0.39 is 0 Å². The summed E-state index contributed by atoms with van der Waals surface area (Å²) in [6.45, 7) is 3.55. The zero-order chi connectivity index (χ0) is 10.4. The van der Waals surface area contributed by atoms with Crippen molar-refractivity contribution in [2.75, 3.05) is 20.1 Å². The number of nitrogens with zero attached hydrogens (tertiary/aromatic N) is 1. The molecule has 0 saturated heterocycles. The van der Waals surface area contributed by atoms with E-state index in [0.29, 0.717) is 5.92 Å². The average molecular weight is 196 g/mol. The van der Waals surface area contributed by atoms with Crippen molar-refractivity contribution < 1.29 is 4.79 Å². The van der Waals surface area contributed by atoms with Gasteiger partial charge in [0.15, 0.2) is 0 Å². The largest absolute Gasteiger partial charge is 0.338 e. The zero-order valence-electron chi connectivity index (χ0n) is 9.12. The average Bonchev–Trinajstić information content (AvgIpc) is 2.26. The lowest BCUT2D eigenvalue weighted by Crippen LogP contribution is -2.39. The third-order valence-electron chi connectivity index (χ3n) is 2.74. The van der Waals surface area contributed by atoms with Crippen LogP contribution >= 0.6 is 0 Å². The Morgan fingerprint density at radius 1 is 1.57 bits per heavy atom. The summed E-state index contributed by atoms with van der Waals surface area (Å²) in [7, 11) is 1.82. The van der Waals surface area contributed by atoms with Gasteiger partial charge < -0.3 is 10.2 Å². The highest BCUT2D eigenvalue weighted by atomic mass is 16.2. The van der Waals surface area contributed by atoms with E-state index in [0.717, 1.165) is 25.9 Å². The summed E-state index contributed by atoms with van der Waals surface area (Å²) in [5, 5.41) is 2.96. The highest BCUT2D eigenvalue weighted by Crippen LogP contribution is 2.16. The molecular formula is C11H20N2O. The quantitative estimate of drug-likeness (QED) is 0.688. The van der Waals surface area contributed by atoms with Crippen molar-refractivity contribution >= 4 is 6.03 Å². The Morgan fingerprint density at radius 2 is 2.36 bits per heavy atom. The maximum atomic E-state index is 11.4. The second kappa shape index (κ2) is 5.68. The molecule has 0 radical (unpaired) electrons. The molecule has 0 bridgehead atoms. The third-order valence-corrected chi connectivity index (χ3v) is 2.74. The molecule has 1 aliphatic carbocycles. The van der Waals surface area contributed by atoms with E-state index in [-0.39, 0.29) is 6.03 Å². The Balaban J connectivity index is 2.19. The van der Waals surface area contributed by atoms with Crippen LogP contribution < -0.4 is 5.32 Å². The standard InChI is InChI=1S/C11H20N2O/c1-3-13(2)11(14)12-9-10-7-5-4-6-8-10/h4-5,10H,3,6-9H2,1-2H3,(H,12,14). The van der Waals surface area contributed by atoms with E-state index in [1.165, 1.54) is 6.42 Å². The molecule has 0 fully saturated rings. The molecule has 0 spiro atoms. The van der Waals surface area contributed by atoms with Gasteiger partial charge in [-0.25, -0.2) is 4.79 Å². The molecule has 0 heterocycles. The lowest BCUT2D eigenvalue weighted by Gasteiger charge is -2.21. The van der Waals surface area contributed by atoms with Crippen molar-refractivity contribution in [2.45, 2.75) is 26.2 Å². The van der Waals surface area contributed by atoms with E-state index in [2.05, 4.69) is 17.5 Å². The molecule has 1 unspecified atom stereocenters. The molecule has 0 aliphatic heterocycles. The van der Waals surface area contributed by atoms with Gasteiger partial charge in [0.2, 0.25) is 0 Å². The van der Waals surface area contributed by atoms with Gasteiger partial charge in [0.05, 0.1) is 0 Å². The molecule has 1 aliphatic rings. The SMILES string of the molecule is CCN(C)C(=O)NCC1CC=CCC1. The minimum atomic E-state index is 0.0436. The van der Waals surface area contributed by atoms with Crippen LogP contribution in [0.2, 0.25) is 0 Å². The summed E-state index contributed by atoms with van der Waals surface area (Å²) < 4.78 is 0. The van der Waals surface area contributed by atoms with Crippen molar-refractivity contribution in [1.29, 1.82) is 0 Å². The summed E-state index contributed by atoms with van der Waals surface area (Å²) in [6, 6.07) is 0.0436. The van der Waals surface area contributed by atoms with Crippen molar-refractivity contribution in [3.8, 4) is 0 Å². The summed E-state index contributed by atoms with van der Waals surface area (Å²) in [4.78, 5) is 13.1. The summed E-state index contributed by atoms with van der Waals surface area (Å²) in [5.41, 5.74) is 0. The summed E-state index contributed by atoms with van der Waals surface area (Å²) in [6.07, 6.45) is 7.90. The van der Waals surface area contributed by atoms with Crippen LogP contribution in [0.15, 0.2) is 12.2 Å². The Hall–Kier alpha value is -0.990. The Bertz CT molecular complexity index is 213. The predicted molar refractivity (Wildman–Crippen MR) is 58.2 cm³/mol. The van der Waals surface area contributed by atoms with Crippen LogP contribution in [0.5, 0.6) is 0 Å². The van der Waals surface area contributed by atoms with Gasteiger partial charge in [-0.05, 0) is 32.1 Å². The maximum absolute atomic E-state index is 11.4. The number of amides is 2. The monoisotopic (exact) mass is 196 g/mol. The number of allylic oxidation sites excluding steroid dienone is 2. The molecule has 0 saturated carbocycles. The Labute approximate surface area is 86.2 Å². The van der Waals surface area contributed by atoms with Gasteiger partial charge in [0.25, 0.3) is 0 Å². The van der Waals surface area contributed by atoms with Crippen molar-refractivity contribution in [3.05, 3.63) is 12.2 Å². The summed E-state index contributed by atoms with van der Waals surface area (Å²) >= 11 is 0. The molecule has 14 heavy (non-hydrogen) atoms. The van der Waals surface area contributed by atoms with Crippen LogP contribution in [0.4, 0.5) is 4.79 Å². The van der Waals surface area contributed by atoms with Crippen LogP contribution in [0.3, 0.4) is 0 Å². The molecule has 3 nitrogen and oxygen atoms in total. The molecule has 0 aromatic heterocycles. The maximum Gasteiger partial charge on any atom is 0.317 e. The van der Waals surface area contributed by atoms with Gasteiger partial charge in [-0.2, -0.15) is 0 Å². The molecule has 2 amide bonds. The van der Waals surface area contributed by atoms with Gasteiger partial charge in [-0.15, -0.1) is 0 Å². The predicted octanol–water partition coefficient (Wildman–Crippen LogP) is 2.00. The first-order chi connectivity index (χ1) is 6.74. The smallest absolute Gasteiger partial charge is 0.317 e. The van der Waals surface area contributed by atoms with Crippen molar-refractivity contribution in [2.24, 2.45) is 5.92 Å². The fourth-order valence-electron chi connectivity index (χ4n) is 1.55. The molecule has 80 valence electrons. The normalized spacial score (nSPS) is 20.6. The van der Waals surface area contributed by atoms with E-state index in [1.807, 2.05) is 14.0 Å². The third kappa shape index (κ3) is 3.40. The fraction of sp³-hybridized carbons (Fsp3) is 0.727. The molecule has 0 aromatic carbocycles. The van der Waals surface area contributed by atoms with Gasteiger partial charge in [-0.3, -0.25) is 0 Å². The molecule has 3 heteroatoms. The fourth-order valence-corrected chi connectivity index (χ4v) is 1.55. The van der Waals surface area contributed by atoms with Crippen molar-refractivity contribution in [3.63, 3.8) is 0 Å². The first-order valence-corrected chi connectivity index (χ1v) is 5.38. The second-order valence-corrected chi connectivity index (χ2v) is 3.85. The highest BCUT2D eigenvalue weighted by molar-refractivity contribution is 5.73. The zero-order valence-corrected chi connectivity index (χ0v) is 9.12. The van der Waals surface area contributed by atoms with Crippen LogP contribution in [0.25, 0.3) is 0 Å². The van der Waals surface area contributed by atoms with E-state index >= 15 is 0 Å². The number of urea groups is 1. The molecule has 0 aromatic rings. The van der Waals surface area contributed by atoms with E-state index in [1.54, 1.807) is 4.90 Å². The Morgan fingerprint density at radius 3 is 2.93 bits per heavy atom. The summed E-state index contributed by atoms with van der Waals surface area (Å²) in [5.74, 6) is 0.634. The van der Waals surface area contributed by atoms with Crippen LogP contribution in [-0.4, -0.2) is 31.1 Å². The second-order valence-electron chi connectivity index (χ2n) is 3.85. The number of hydrogen-bond donors (Lipinski definition) is 1. The van der Waals surface area contributed by atoms with E-state index in [9.17, 15) is 4.79 Å². The molecular weight excluding hydrogens is 176 g/mol. The van der Waals surface area contributed by atoms with E-state index in [4.69, 9.17) is 0 Å². The van der Waals surface area contributed by atoms with Gasteiger partial charge in [0, 0.05) is 20.1 Å². The lowest BCUT2D eigenvalue weighted by atomic mass is 9.94. The lowest BCUT2D eigenvalue weighted by molar-refractivity contribution is 0.208. The number of rotatable bonds is 3. The number of hydrogen-bond acceptors (Lipinski definition) is 1. The highest BCUT2D eigenvalue weighted by Gasteiger charge is 2.12. The molecule has 1 rings (SSSR count). The Kier molecular flexibility index (Phi) is 4.50. The van der Waals surface area contributed by atoms with Crippen LogP contribution in [-0.2, 0) is 0 Å². The number of carbonyl (C=O) groups is 1.